The van der Waals surface area contributed by atoms with Crippen molar-refractivity contribution in [3.8, 4) is 0 Å². The molecule has 7 heteroatoms. The van der Waals surface area contributed by atoms with Crippen LogP contribution in [0.2, 0.25) is 0 Å². The summed E-state index contributed by atoms with van der Waals surface area (Å²) in [4.78, 5) is 25.8. The van der Waals surface area contributed by atoms with E-state index in [2.05, 4.69) is 20.3 Å². The molecular formula is C16H21N5OS. The Morgan fingerprint density at radius 3 is 2.87 bits per heavy atom. The van der Waals surface area contributed by atoms with E-state index in [1.54, 1.807) is 12.5 Å². The van der Waals surface area contributed by atoms with Crippen LogP contribution >= 0.6 is 11.8 Å². The van der Waals surface area contributed by atoms with Crippen LogP contribution in [0.25, 0.3) is 0 Å². The normalized spacial score (nSPS) is 15.4. The number of aromatic nitrogens is 4. The number of thioether (sulfide) groups is 1. The summed E-state index contributed by atoms with van der Waals surface area (Å²) in [6, 6.07) is -0.00563. The number of nitrogens with zero attached hydrogens (tertiary/aromatic N) is 4. The Kier molecular flexibility index (Phi) is 4.66. The number of carbonyl (C=O) groups is 1. The predicted molar refractivity (Wildman–Crippen MR) is 89.7 cm³/mol. The predicted octanol–water partition coefficient (Wildman–Crippen LogP) is 2.40. The number of aryl methyl sites for hydroxylation is 1. The molecule has 1 aliphatic carbocycles. The maximum absolute atomic E-state index is 12.7. The summed E-state index contributed by atoms with van der Waals surface area (Å²) in [5, 5.41) is 3.80. The molecule has 1 amide bonds. The van der Waals surface area contributed by atoms with Crippen molar-refractivity contribution in [2.75, 3.05) is 6.26 Å². The van der Waals surface area contributed by atoms with Gasteiger partial charge in [-0.05, 0) is 32.9 Å². The summed E-state index contributed by atoms with van der Waals surface area (Å²) >= 11 is 1.50. The van der Waals surface area contributed by atoms with E-state index in [0.717, 1.165) is 29.4 Å². The van der Waals surface area contributed by atoms with E-state index in [-0.39, 0.29) is 11.9 Å². The van der Waals surface area contributed by atoms with Crippen LogP contribution in [0.15, 0.2) is 23.7 Å². The molecular weight excluding hydrogens is 310 g/mol. The maximum atomic E-state index is 12.7. The Morgan fingerprint density at radius 2 is 2.26 bits per heavy atom. The van der Waals surface area contributed by atoms with Crippen molar-refractivity contribution < 1.29 is 4.79 Å². The number of amides is 1. The van der Waals surface area contributed by atoms with Crippen LogP contribution in [-0.4, -0.2) is 37.7 Å². The van der Waals surface area contributed by atoms with Crippen LogP contribution in [-0.2, 0) is 6.54 Å². The van der Waals surface area contributed by atoms with Crippen molar-refractivity contribution in [3.63, 3.8) is 0 Å². The zero-order valence-corrected chi connectivity index (χ0v) is 14.4. The van der Waals surface area contributed by atoms with E-state index in [4.69, 9.17) is 0 Å². The molecule has 1 atom stereocenters. The molecule has 1 saturated carbocycles. The highest BCUT2D eigenvalue weighted by atomic mass is 32.2. The van der Waals surface area contributed by atoms with Crippen molar-refractivity contribution in [2.24, 2.45) is 0 Å². The van der Waals surface area contributed by atoms with E-state index in [1.807, 2.05) is 30.9 Å². The van der Waals surface area contributed by atoms with Crippen LogP contribution in [0, 0.1) is 6.92 Å². The minimum Gasteiger partial charge on any atom is -0.348 e. The lowest BCUT2D eigenvalue weighted by Gasteiger charge is -2.17. The molecule has 1 fully saturated rings. The first-order valence-electron chi connectivity index (χ1n) is 7.77. The molecule has 0 spiro atoms. The second-order valence-corrected chi connectivity index (χ2v) is 6.75. The largest absolute Gasteiger partial charge is 0.348 e. The SMILES string of the molecule is CSc1nc(C2CC2)nc(C)c1C(=O)N[C@@H](C)Cn1ccnc1. The zero-order chi connectivity index (χ0) is 16.4. The van der Waals surface area contributed by atoms with Crippen molar-refractivity contribution in [2.45, 2.75) is 50.2 Å². The Morgan fingerprint density at radius 1 is 1.48 bits per heavy atom. The molecule has 0 unspecified atom stereocenters. The van der Waals surface area contributed by atoms with Crippen molar-refractivity contribution in [1.82, 2.24) is 24.8 Å². The van der Waals surface area contributed by atoms with Crippen LogP contribution in [0.3, 0.4) is 0 Å². The summed E-state index contributed by atoms with van der Waals surface area (Å²) in [5.41, 5.74) is 1.36. The average Bonchev–Trinajstić information content (AvgIpc) is 3.24. The second kappa shape index (κ2) is 6.70. The van der Waals surface area contributed by atoms with Gasteiger partial charge in [-0.2, -0.15) is 0 Å². The molecule has 2 aromatic rings. The summed E-state index contributed by atoms with van der Waals surface area (Å²) in [5.74, 6) is 1.26. The molecule has 2 aromatic heterocycles. The van der Waals surface area contributed by atoms with E-state index in [1.165, 1.54) is 11.8 Å². The van der Waals surface area contributed by atoms with Gasteiger partial charge in [-0.25, -0.2) is 15.0 Å². The first-order valence-corrected chi connectivity index (χ1v) is 9.00. The molecule has 6 nitrogen and oxygen atoms in total. The van der Waals surface area contributed by atoms with Crippen LogP contribution < -0.4 is 5.32 Å². The molecule has 0 aliphatic heterocycles. The van der Waals surface area contributed by atoms with Crippen molar-refractivity contribution in [3.05, 3.63) is 35.8 Å². The third kappa shape index (κ3) is 3.72. The molecule has 23 heavy (non-hydrogen) atoms. The van der Waals surface area contributed by atoms with Gasteiger partial charge in [0.05, 0.1) is 17.6 Å². The highest BCUT2D eigenvalue weighted by Crippen LogP contribution is 2.39. The third-order valence-electron chi connectivity index (χ3n) is 3.86. The van der Waals surface area contributed by atoms with Crippen LogP contribution in [0.1, 0.15) is 47.6 Å². The Balaban J connectivity index is 1.75. The number of nitrogens with one attached hydrogen (secondary N) is 1. The van der Waals surface area contributed by atoms with Gasteiger partial charge in [-0.15, -0.1) is 11.8 Å². The van der Waals surface area contributed by atoms with E-state index in [9.17, 15) is 4.79 Å². The van der Waals surface area contributed by atoms with Crippen LogP contribution in [0.5, 0.6) is 0 Å². The van der Waals surface area contributed by atoms with Gasteiger partial charge in [0.2, 0.25) is 0 Å². The van der Waals surface area contributed by atoms with E-state index >= 15 is 0 Å². The molecule has 122 valence electrons. The minimum absolute atomic E-state index is 0.00563. The molecule has 0 saturated heterocycles. The van der Waals surface area contributed by atoms with Gasteiger partial charge < -0.3 is 9.88 Å². The lowest BCUT2D eigenvalue weighted by Crippen LogP contribution is -2.36. The standard InChI is InChI=1S/C16H21N5OS/c1-10(8-21-7-6-17-9-21)18-15(22)13-11(2)19-14(12-4-5-12)20-16(13)23-3/h6-7,9-10,12H,4-5,8H2,1-3H3,(H,18,22)/t10-/m0/s1. The highest BCUT2D eigenvalue weighted by Gasteiger charge is 2.29. The van der Waals surface area contributed by atoms with Gasteiger partial charge in [-0.3, -0.25) is 4.79 Å². The lowest BCUT2D eigenvalue weighted by molar-refractivity contribution is 0.0931. The second-order valence-electron chi connectivity index (χ2n) is 5.96. The molecule has 0 bridgehead atoms. The van der Waals surface area contributed by atoms with E-state index < -0.39 is 0 Å². The molecule has 1 aliphatic rings. The lowest BCUT2D eigenvalue weighted by atomic mass is 10.2. The van der Waals surface area contributed by atoms with E-state index in [0.29, 0.717) is 18.0 Å². The van der Waals surface area contributed by atoms with Gasteiger partial charge in [0.1, 0.15) is 10.9 Å². The highest BCUT2D eigenvalue weighted by molar-refractivity contribution is 7.98. The van der Waals surface area contributed by atoms with Gasteiger partial charge in [0.15, 0.2) is 0 Å². The Hall–Kier alpha value is -1.89. The minimum atomic E-state index is -0.109. The van der Waals surface area contributed by atoms with Gasteiger partial charge in [-0.1, -0.05) is 0 Å². The topological polar surface area (TPSA) is 72.7 Å². The zero-order valence-electron chi connectivity index (χ0n) is 13.6. The smallest absolute Gasteiger partial charge is 0.256 e. The summed E-state index contributed by atoms with van der Waals surface area (Å²) < 4.78 is 1.94. The third-order valence-corrected chi connectivity index (χ3v) is 4.54. The molecule has 1 N–H and O–H groups in total. The monoisotopic (exact) mass is 331 g/mol. The number of rotatable bonds is 6. The summed E-state index contributed by atoms with van der Waals surface area (Å²) in [6.45, 7) is 4.55. The fourth-order valence-corrected chi connectivity index (χ4v) is 3.18. The summed E-state index contributed by atoms with van der Waals surface area (Å²) in [7, 11) is 0. The van der Waals surface area contributed by atoms with Crippen LogP contribution in [0.4, 0.5) is 0 Å². The summed E-state index contributed by atoms with van der Waals surface area (Å²) in [6.07, 6.45) is 9.62. The maximum Gasteiger partial charge on any atom is 0.256 e. The fourth-order valence-electron chi connectivity index (χ4n) is 2.55. The average molecular weight is 331 g/mol. The number of hydrogen-bond donors (Lipinski definition) is 1. The molecule has 3 rings (SSSR count). The number of carbonyl (C=O) groups excluding carboxylic acids is 1. The van der Waals surface area contributed by atoms with Gasteiger partial charge >= 0.3 is 0 Å². The first kappa shape index (κ1) is 16.0. The first-order chi connectivity index (χ1) is 11.1. The number of imidazole rings is 1. The quantitative estimate of drug-likeness (QED) is 0.650. The molecule has 2 heterocycles. The fraction of sp³-hybridized carbons (Fsp3) is 0.500. The number of hydrogen-bond acceptors (Lipinski definition) is 5. The Bertz CT molecular complexity index is 697. The molecule has 0 radical (unpaired) electrons. The molecule has 0 aromatic carbocycles. The van der Waals surface area contributed by atoms with Crippen molar-refractivity contribution in [1.29, 1.82) is 0 Å². The van der Waals surface area contributed by atoms with Gasteiger partial charge in [0.25, 0.3) is 5.91 Å². The Labute approximate surface area is 140 Å². The van der Waals surface area contributed by atoms with Crippen molar-refractivity contribution >= 4 is 17.7 Å². The van der Waals surface area contributed by atoms with Gasteiger partial charge in [0, 0.05) is 30.9 Å².